The summed E-state index contributed by atoms with van der Waals surface area (Å²) in [5, 5.41) is 0. The van der Waals surface area contributed by atoms with Crippen LogP contribution < -0.4 is 0 Å². The van der Waals surface area contributed by atoms with Crippen LogP contribution in [0.3, 0.4) is 0 Å². The number of alkyl halides is 1. The number of hydrogen-bond acceptors (Lipinski definition) is 0. The van der Waals surface area contributed by atoms with E-state index < -0.39 is 0 Å². The first kappa shape index (κ1) is 16.1. The van der Waals surface area contributed by atoms with E-state index in [-0.39, 0.29) is 10.8 Å². The first-order chi connectivity index (χ1) is 12.8. The van der Waals surface area contributed by atoms with Crippen LogP contribution in [0.1, 0.15) is 65.9 Å². The molecule has 0 spiro atoms. The molecule has 0 bridgehead atoms. The Bertz CT molecular complexity index is 1160. The van der Waals surface area contributed by atoms with Crippen molar-refractivity contribution < 1.29 is 0 Å². The van der Waals surface area contributed by atoms with Crippen molar-refractivity contribution in [2.75, 3.05) is 0 Å². The Labute approximate surface area is 169 Å². The van der Waals surface area contributed by atoms with E-state index in [0.717, 1.165) is 6.42 Å². The Morgan fingerprint density at radius 2 is 1.19 bits per heavy atom. The first-order valence-corrected chi connectivity index (χ1v) is 10.8. The fraction of sp³-hybridized carbons (Fsp3) is 0.308. The summed E-state index contributed by atoms with van der Waals surface area (Å²) in [5.74, 6) is 0. The van der Waals surface area contributed by atoms with E-state index in [1.165, 1.54) is 55.6 Å². The van der Waals surface area contributed by atoms with Crippen LogP contribution in [0, 0.1) is 0 Å². The maximum Gasteiger partial charge on any atom is 0.0442 e. The molecule has 1 unspecified atom stereocenters. The van der Waals surface area contributed by atoms with E-state index in [1.807, 2.05) is 0 Å². The van der Waals surface area contributed by atoms with Gasteiger partial charge in [-0.05, 0) is 62.1 Å². The van der Waals surface area contributed by atoms with Crippen molar-refractivity contribution in [2.24, 2.45) is 0 Å². The molecule has 0 aromatic heterocycles. The summed E-state index contributed by atoms with van der Waals surface area (Å²) >= 11 is 4.06. The van der Waals surface area contributed by atoms with Crippen LogP contribution in [-0.2, 0) is 17.3 Å². The van der Waals surface area contributed by atoms with Gasteiger partial charge in [0, 0.05) is 15.7 Å². The van der Waals surface area contributed by atoms with Crippen LogP contribution in [0.15, 0.2) is 48.5 Å². The molecule has 27 heavy (non-hydrogen) atoms. The first-order valence-electron chi connectivity index (χ1n) is 9.92. The third-order valence-electron chi connectivity index (χ3n) is 7.38. The minimum absolute atomic E-state index is 0.0502. The number of benzene rings is 3. The summed E-state index contributed by atoms with van der Waals surface area (Å²) in [4.78, 5) is 0.348. The molecule has 0 saturated heterocycles. The summed E-state index contributed by atoms with van der Waals surface area (Å²) in [7, 11) is 0. The van der Waals surface area contributed by atoms with E-state index in [4.69, 9.17) is 0 Å². The third kappa shape index (κ3) is 1.71. The summed E-state index contributed by atoms with van der Waals surface area (Å²) in [5.41, 5.74) is 15.0. The van der Waals surface area contributed by atoms with Crippen molar-refractivity contribution in [3.63, 3.8) is 0 Å². The van der Waals surface area contributed by atoms with E-state index in [0.29, 0.717) is 4.83 Å². The van der Waals surface area contributed by atoms with Crippen molar-refractivity contribution in [3.05, 3.63) is 81.9 Å². The summed E-state index contributed by atoms with van der Waals surface area (Å²) in [6, 6.07) is 18.7. The van der Waals surface area contributed by atoms with Gasteiger partial charge in [0.15, 0.2) is 0 Å². The predicted molar refractivity (Wildman–Crippen MR) is 117 cm³/mol. The SMILES string of the molecule is CC1(C)c2cccc3c2-c2c1ccc1c2-c2c(cccc2C1(C)C)C(Br)C3. The second-order valence-corrected chi connectivity index (χ2v) is 10.5. The van der Waals surface area contributed by atoms with Gasteiger partial charge in [0.05, 0.1) is 0 Å². The summed E-state index contributed by atoms with van der Waals surface area (Å²) in [6.07, 6.45) is 1.04. The molecule has 1 heteroatoms. The second kappa shape index (κ2) is 4.75. The third-order valence-corrected chi connectivity index (χ3v) is 8.20. The molecule has 3 aromatic carbocycles. The van der Waals surface area contributed by atoms with Crippen molar-refractivity contribution >= 4 is 15.9 Å². The van der Waals surface area contributed by atoms with Crippen molar-refractivity contribution in [1.82, 2.24) is 0 Å². The molecule has 0 N–H and O–H groups in total. The highest BCUT2D eigenvalue weighted by Crippen LogP contribution is 2.62. The summed E-state index contributed by atoms with van der Waals surface area (Å²) < 4.78 is 0. The quantitative estimate of drug-likeness (QED) is 0.338. The standard InChI is InChI=1S/C26H23Br/c1-25(2)16-9-5-7-14-13-20(27)15-8-6-10-17-22(15)24-19(26(17,3)4)12-11-18(25)23(24)21(14)16/h5-12,20H,13H2,1-4H3. The lowest BCUT2D eigenvalue weighted by atomic mass is 9.79. The minimum Gasteiger partial charge on any atom is -0.0835 e. The lowest BCUT2D eigenvalue weighted by Crippen LogP contribution is -2.17. The van der Waals surface area contributed by atoms with Gasteiger partial charge in [0.1, 0.15) is 0 Å². The van der Waals surface area contributed by atoms with Gasteiger partial charge in [-0.25, -0.2) is 0 Å². The molecule has 134 valence electrons. The molecular weight excluding hydrogens is 392 g/mol. The van der Waals surface area contributed by atoms with Crippen LogP contribution in [0.4, 0.5) is 0 Å². The van der Waals surface area contributed by atoms with Gasteiger partial charge in [-0.3, -0.25) is 0 Å². The maximum atomic E-state index is 4.06. The van der Waals surface area contributed by atoms with Crippen molar-refractivity contribution in [2.45, 2.75) is 49.8 Å². The number of rotatable bonds is 0. The zero-order chi connectivity index (χ0) is 18.7. The molecule has 3 aliphatic carbocycles. The van der Waals surface area contributed by atoms with Gasteiger partial charge >= 0.3 is 0 Å². The zero-order valence-corrected chi connectivity index (χ0v) is 17.9. The molecule has 0 fully saturated rings. The van der Waals surface area contributed by atoms with Crippen LogP contribution in [0.2, 0.25) is 0 Å². The Morgan fingerprint density at radius 1 is 0.667 bits per heavy atom. The van der Waals surface area contributed by atoms with Crippen LogP contribution >= 0.6 is 15.9 Å². The van der Waals surface area contributed by atoms with E-state index in [1.54, 1.807) is 0 Å². The maximum absolute atomic E-state index is 4.06. The van der Waals surface area contributed by atoms with Gasteiger partial charge in [0.2, 0.25) is 0 Å². The molecule has 6 rings (SSSR count). The van der Waals surface area contributed by atoms with Crippen molar-refractivity contribution in [1.29, 1.82) is 0 Å². The zero-order valence-electron chi connectivity index (χ0n) is 16.3. The largest absolute Gasteiger partial charge is 0.0835 e. The van der Waals surface area contributed by atoms with Gasteiger partial charge < -0.3 is 0 Å². The average molecular weight is 415 g/mol. The van der Waals surface area contributed by atoms with Gasteiger partial charge in [-0.1, -0.05) is 92.2 Å². The molecule has 0 saturated carbocycles. The van der Waals surface area contributed by atoms with Crippen LogP contribution in [-0.4, -0.2) is 0 Å². The Balaban J connectivity index is 1.90. The highest BCUT2D eigenvalue weighted by Gasteiger charge is 2.46. The fourth-order valence-electron chi connectivity index (χ4n) is 5.97. The Morgan fingerprint density at radius 3 is 1.85 bits per heavy atom. The Hall–Kier alpha value is -1.86. The average Bonchev–Trinajstić information content (AvgIpc) is 3.01. The van der Waals surface area contributed by atoms with E-state index in [2.05, 4.69) is 92.2 Å². The monoisotopic (exact) mass is 414 g/mol. The number of halogens is 1. The predicted octanol–water partition coefficient (Wildman–Crippen LogP) is 7.29. The summed E-state index contributed by atoms with van der Waals surface area (Å²) in [6.45, 7) is 9.57. The van der Waals surface area contributed by atoms with Crippen molar-refractivity contribution in [3.8, 4) is 22.3 Å². The molecule has 3 aliphatic rings. The van der Waals surface area contributed by atoms with Gasteiger partial charge in [-0.2, -0.15) is 0 Å². The highest BCUT2D eigenvalue weighted by molar-refractivity contribution is 9.09. The molecule has 0 radical (unpaired) electrons. The Kier molecular flexibility index (Phi) is 2.84. The van der Waals surface area contributed by atoms with Crippen LogP contribution in [0.25, 0.3) is 22.3 Å². The smallest absolute Gasteiger partial charge is 0.0442 e. The van der Waals surface area contributed by atoms with E-state index in [9.17, 15) is 0 Å². The van der Waals surface area contributed by atoms with E-state index >= 15 is 0 Å². The molecular formula is C26H23Br. The fourth-order valence-corrected chi connectivity index (χ4v) is 6.70. The second-order valence-electron chi connectivity index (χ2n) is 9.44. The van der Waals surface area contributed by atoms with Gasteiger partial charge in [-0.15, -0.1) is 0 Å². The van der Waals surface area contributed by atoms with Gasteiger partial charge in [0.25, 0.3) is 0 Å². The number of hydrogen-bond donors (Lipinski definition) is 0. The molecule has 0 amide bonds. The molecule has 0 heterocycles. The topological polar surface area (TPSA) is 0 Å². The van der Waals surface area contributed by atoms with Crippen LogP contribution in [0.5, 0.6) is 0 Å². The lowest BCUT2D eigenvalue weighted by molar-refractivity contribution is 0.650. The molecule has 3 aromatic rings. The molecule has 0 nitrogen and oxygen atoms in total. The minimum atomic E-state index is 0.0502. The normalized spacial score (nSPS) is 21.6. The molecule has 0 aliphatic heterocycles. The molecule has 1 atom stereocenters. The lowest BCUT2D eigenvalue weighted by Gasteiger charge is -2.24. The highest BCUT2D eigenvalue weighted by atomic mass is 79.9.